The Labute approximate surface area is 271 Å². The molecule has 0 bridgehead atoms. The number of amides is 1. The van der Waals surface area contributed by atoms with Crippen molar-refractivity contribution in [3.63, 3.8) is 0 Å². The molecule has 1 aliphatic heterocycles. The lowest BCUT2D eigenvalue weighted by molar-refractivity contribution is -0.137. The minimum atomic E-state index is -4.80. The van der Waals surface area contributed by atoms with Crippen molar-refractivity contribution in [2.24, 2.45) is 0 Å². The van der Waals surface area contributed by atoms with E-state index in [0.717, 1.165) is 36.2 Å². The Morgan fingerprint density at radius 1 is 1.04 bits per heavy atom. The fourth-order valence-corrected chi connectivity index (χ4v) is 6.19. The number of para-hydroxylation sites is 1. The van der Waals surface area contributed by atoms with Crippen LogP contribution in [-0.4, -0.2) is 49.3 Å². The normalized spacial score (nSPS) is 15.1. The van der Waals surface area contributed by atoms with E-state index in [2.05, 4.69) is 49.4 Å². The first-order chi connectivity index (χ1) is 22.5. The molecule has 1 fully saturated rings. The van der Waals surface area contributed by atoms with Crippen LogP contribution in [0.1, 0.15) is 35.4 Å². The van der Waals surface area contributed by atoms with Gasteiger partial charge in [-0.15, -0.1) is 0 Å². The SMILES string of the molecule is C=CC(=O)N1CCCC(c2cccc(NCc3ccc(Nc4ncc(C(F)(F)F)c(Nc5ccccc5S(=O)(=O)NC)n4)cc3)c2)C1. The lowest BCUT2D eigenvalue weighted by atomic mass is 9.90. The number of piperidine rings is 1. The molecule has 0 saturated carbocycles. The third-order valence-electron chi connectivity index (χ3n) is 7.76. The number of nitrogens with zero attached hydrogens (tertiary/aromatic N) is 3. The van der Waals surface area contributed by atoms with Gasteiger partial charge in [-0.25, -0.2) is 18.1 Å². The first kappa shape index (κ1) is 33.4. The number of rotatable bonds is 11. The van der Waals surface area contributed by atoms with E-state index in [1.54, 1.807) is 12.1 Å². The van der Waals surface area contributed by atoms with Crippen LogP contribution in [0.3, 0.4) is 0 Å². The zero-order valence-corrected chi connectivity index (χ0v) is 26.3. The van der Waals surface area contributed by atoms with Crippen LogP contribution in [0.15, 0.2) is 96.5 Å². The molecular formula is C33H34F3N7O3S. The Bertz CT molecular complexity index is 1850. The van der Waals surface area contributed by atoms with Crippen molar-refractivity contribution >= 4 is 44.8 Å². The summed E-state index contributed by atoms with van der Waals surface area (Å²) >= 11 is 0. The second kappa shape index (κ2) is 14.2. The van der Waals surface area contributed by atoms with Crippen molar-refractivity contribution in [3.05, 3.63) is 108 Å². The van der Waals surface area contributed by atoms with Crippen LogP contribution in [0.5, 0.6) is 0 Å². The molecule has 14 heteroatoms. The molecule has 1 aromatic heterocycles. The second-order valence-corrected chi connectivity index (χ2v) is 12.8. The number of likely N-dealkylation sites (tertiary alicyclic amines) is 1. The fraction of sp³-hybridized carbons (Fsp3) is 0.242. The molecule has 0 aliphatic carbocycles. The smallest absolute Gasteiger partial charge is 0.381 e. The highest BCUT2D eigenvalue weighted by atomic mass is 32.2. The van der Waals surface area contributed by atoms with Crippen molar-refractivity contribution < 1.29 is 26.4 Å². The molecule has 0 spiro atoms. The summed E-state index contributed by atoms with van der Waals surface area (Å²) in [6, 6.07) is 21.0. The number of hydrogen-bond acceptors (Lipinski definition) is 8. The number of anilines is 5. The average Bonchev–Trinajstić information content (AvgIpc) is 3.07. The molecular weight excluding hydrogens is 631 g/mol. The standard InChI is InChI=1S/C33H34F3N7O3S/c1-3-30(44)43-17-7-9-24(21-43)23-8-6-10-26(18-23)38-19-22-13-15-25(16-14-22)40-32-39-20-27(33(34,35)36)31(42-32)41-28-11-4-5-12-29(28)47(45,46)37-2/h3-6,8,10-16,18,20,24,37-38H,1,7,9,17,19,21H2,2H3,(H2,39,40,41,42). The zero-order chi connectivity index (χ0) is 33.6. The van der Waals surface area contributed by atoms with E-state index in [9.17, 15) is 26.4 Å². The first-order valence-corrected chi connectivity index (χ1v) is 16.3. The van der Waals surface area contributed by atoms with E-state index in [1.807, 2.05) is 29.2 Å². The molecule has 2 heterocycles. The second-order valence-electron chi connectivity index (χ2n) is 10.9. The van der Waals surface area contributed by atoms with Crippen molar-refractivity contribution in [2.75, 3.05) is 36.1 Å². The lowest BCUT2D eigenvalue weighted by Gasteiger charge is -2.32. The van der Waals surface area contributed by atoms with E-state index >= 15 is 0 Å². The summed E-state index contributed by atoms with van der Waals surface area (Å²) in [7, 11) is -2.76. The number of nitrogens with one attached hydrogen (secondary N) is 4. The van der Waals surface area contributed by atoms with Crippen molar-refractivity contribution in [2.45, 2.75) is 36.4 Å². The molecule has 1 saturated heterocycles. The Morgan fingerprint density at radius 2 is 1.81 bits per heavy atom. The number of hydrogen-bond donors (Lipinski definition) is 4. The van der Waals surface area contributed by atoms with Gasteiger partial charge in [0.25, 0.3) is 0 Å². The topological polar surface area (TPSA) is 128 Å². The summed E-state index contributed by atoms with van der Waals surface area (Å²) in [6.07, 6.45) is -0.860. The van der Waals surface area contributed by atoms with Gasteiger partial charge < -0.3 is 20.9 Å². The van der Waals surface area contributed by atoms with Crippen LogP contribution in [0.4, 0.5) is 42.0 Å². The van der Waals surface area contributed by atoms with Crippen LogP contribution < -0.4 is 20.7 Å². The number of sulfonamides is 1. The first-order valence-electron chi connectivity index (χ1n) is 14.8. The maximum absolute atomic E-state index is 13.8. The Kier molecular flexibility index (Phi) is 10.1. The summed E-state index contributed by atoms with van der Waals surface area (Å²) in [5.74, 6) is -0.523. The summed E-state index contributed by atoms with van der Waals surface area (Å²) in [4.78, 5) is 21.6. The number of alkyl halides is 3. The summed E-state index contributed by atoms with van der Waals surface area (Å²) < 4.78 is 68.5. The largest absolute Gasteiger partial charge is 0.421 e. The number of halogens is 3. The molecule has 10 nitrogen and oxygen atoms in total. The van der Waals surface area contributed by atoms with Gasteiger partial charge in [0, 0.05) is 43.1 Å². The monoisotopic (exact) mass is 665 g/mol. The van der Waals surface area contributed by atoms with Crippen molar-refractivity contribution in [1.82, 2.24) is 19.6 Å². The Hall–Kier alpha value is -4.95. The van der Waals surface area contributed by atoms with Gasteiger partial charge in [-0.3, -0.25) is 4.79 Å². The summed E-state index contributed by atoms with van der Waals surface area (Å²) in [6.45, 7) is 5.52. The predicted octanol–water partition coefficient (Wildman–Crippen LogP) is 6.39. The Balaban J connectivity index is 1.26. The summed E-state index contributed by atoms with van der Waals surface area (Å²) in [5, 5.41) is 8.86. The van der Waals surface area contributed by atoms with Crippen LogP contribution in [0, 0.1) is 0 Å². The molecule has 5 rings (SSSR count). The van der Waals surface area contributed by atoms with Crippen LogP contribution in [0.25, 0.3) is 0 Å². The highest BCUT2D eigenvalue weighted by molar-refractivity contribution is 7.89. The molecule has 1 atom stereocenters. The van der Waals surface area contributed by atoms with Gasteiger partial charge in [-0.2, -0.15) is 18.2 Å². The summed E-state index contributed by atoms with van der Waals surface area (Å²) in [5.41, 5.74) is 2.36. The minimum absolute atomic E-state index is 0.0486. The van der Waals surface area contributed by atoms with E-state index in [0.29, 0.717) is 25.0 Å². The van der Waals surface area contributed by atoms with E-state index in [4.69, 9.17) is 0 Å². The van der Waals surface area contributed by atoms with Gasteiger partial charge >= 0.3 is 6.18 Å². The third-order valence-corrected chi connectivity index (χ3v) is 9.24. The average molecular weight is 666 g/mol. The van der Waals surface area contributed by atoms with Gasteiger partial charge in [-0.1, -0.05) is 43.0 Å². The molecule has 4 N–H and O–H groups in total. The van der Waals surface area contributed by atoms with E-state index < -0.39 is 27.6 Å². The third kappa shape index (κ3) is 8.26. The lowest BCUT2D eigenvalue weighted by Crippen LogP contribution is -2.38. The number of benzene rings is 3. The van der Waals surface area contributed by atoms with Gasteiger partial charge in [-0.05, 0) is 73.5 Å². The number of carbonyl (C=O) groups excluding carboxylic acids is 1. The van der Waals surface area contributed by atoms with E-state index in [1.165, 1.54) is 37.4 Å². The number of aromatic nitrogens is 2. The number of carbonyl (C=O) groups is 1. The maximum Gasteiger partial charge on any atom is 0.421 e. The maximum atomic E-state index is 13.8. The van der Waals surface area contributed by atoms with E-state index in [-0.39, 0.29) is 28.4 Å². The zero-order valence-electron chi connectivity index (χ0n) is 25.5. The highest BCUT2D eigenvalue weighted by Gasteiger charge is 2.36. The fourth-order valence-electron chi connectivity index (χ4n) is 5.31. The van der Waals surface area contributed by atoms with Gasteiger partial charge in [0.1, 0.15) is 16.3 Å². The van der Waals surface area contributed by atoms with Gasteiger partial charge in [0.15, 0.2) is 0 Å². The molecule has 1 aliphatic rings. The molecule has 4 aromatic rings. The molecule has 1 amide bonds. The van der Waals surface area contributed by atoms with Crippen LogP contribution in [-0.2, 0) is 27.5 Å². The van der Waals surface area contributed by atoms with Crippen molar-refractivity contribution in [3.8, 4) is 0 Å². The van der Waals surface area contributed by atoms with Gasteiger partial charge in [0.2, 0.25) is 21.9 Å². The van der Waals surface area contributed by atoms with Gasteiger partial charge in [0.05, 0.1) is 5.69 Å². The Morgan fingerprint density at radius 3 is 2.53 bits per heavy atom. The quantitative estimate of drug-likeness (QED) is 0.136. The molecule has 0 radical (unpaired) electrons. The molecule has 3 aromatic carbocycles. The van der Waals surface area contributed by atoms with Crippen LogP contribution >= 0.6 is 0 Å². The molecule has 47 heavy (non-hydrogen) atoms. The predicted molar refractivity (Wildman–Crippen MR) is 175 cm³/mol. The molecule has 246 valence electrons. The minimum Gasteiger partial charge on any atom is -0.381 e. The van der Waals surface area contributed by atoms with Crippen molar-refractivity contribution in [1.29, 1.82) is 0 Å². The molecule has 1 unspecified atom stereocenters. The highest BCUT2D eigenvalue weighted by Crippen LogP contribution is 2.36. The van der Waals surface area contributed by atoms with Crippen LogP contribution in [0.2, 0.25) is 0 Å².